The molecule has 2 N–H and O–H groups in total. The lowest BCUT2D eigenvalue weighted by molar-refractivity contribution is -0.118. The highest BCUT2D eigenvalue weighted by molar-refractivity contribution is 7.89. The summed E-state index contributed by atoms with van der Waals surface area (Å²) in [5.74, 6) is 1.50. The second-order valence-electron chi connectivity index (χ2n) is 7.10. The van der Waals surface area contributed by atoms with Gasteiger partial charge < -0.3 is 14.8 Å². The molecule has 7 nitrogen and oxygen atoms in total. The van der Waals surface area contributed by atoms with Gasteiger partial charge in [-0.25, -0.2) is 13.1 Å². The fourth-order valence-corrected chi connectivity index (χ4v) is 4.06. The number of carbonyl (C=O) groups excluding carboxylic acids is 1. The normalized spacial score (nSPS) is 11.1. The molecule has 0 spiro atoms. The van der Waals surface area contributed by atoms with Crippen molar-refractivity contribution in [2.45, 2.75) is 25.2 Å². The number of rotatable bonds is 10. The zero-order valence-electron chi connectivity index (χ0n) is 18.0. The van der Waals surface area contributed by atoms with Gasteiger partial charge in [0.2, 0.25) is 10.0 Å². The van der Waals surface area contributed by atoms with Gasteiger partial charge in [-0.2, -0.15) is 0 Å². The Morgan fingerprint density at radius 2 is 1.62 bits per heavy atom. The summed E-state index contributed by atoms with van der Waals surface area (Å²) in [7, 11) is -3.55. The van der Waals surface area contributed by atoms with E-state index in [1.807, 2.05) is 37.3 Å². The number of ether oxygens (including phenoxy) is 2. The monoisotopic (exact) mass is 454 g/mol. The SMILES string of the molecule is CCCNS(=O)(=O)c1ccc(OCC(=O)Nc2ccc(Oc3ccccc3)cc2)c(C)c1. The van der Waals surface area contributed by atoms with E-state index in [-0.39, 0.29) is 17.4 Å². The van der Waals surface area contributed by atoms with Crippen LogP contribution in [0.25, 0.3) is 0 Å². The van der Waals surface area contributed by atoms with Crippen molar-refractivity contribution in [3.63, 3.8) is 0 Å². The van der Waals surface area contributed by atoms with Gasteiger partial charge in [0.05, 0.1) is 4.90 Å². The van der Waals surface area contributed by atoms with Crippen LogP contribution >= 0.6 is 0 Å². The molecule has 0 saturated heterocycles. The second kappa shape index (κ2) is 10.8. The number of anilines is 1. The van der Waals surface area contributed by atoms with Crippen molar-refractivity contribution in [3.05, 3.63) is 78.4 Å². The van der Waals surface area contributed by atoms with Crippen molar-refractivity contribution in [3.8, 4) is 17.2 Å². The zero-order valence-corrected chi connectivity index (χ0v) is 18.8. The summed E-state index contributed by atoms with van der Waals surface area (Å²) in [5, 5.41) is 2.76. The van der Waals surface area contributed by atoms with Gasteiger partial charge in [0.1, 0.15) is 17.2 Å². The molecule has 3 aromatic carbocycles. The highest BCUT2D eigenvalue weighted by atomic mass is 32.2. The van der Waals surface area contributed by atoms with Crippen LogP contribution in [0.2, 0.25) is 0 Å². The summed E-state index contributed by atoms with van der Waals surface area (Å²) >= 11 is 0. The Morgan fingerprint density at radius 1 is 0.938 bits per heavy atom. The fourth-order valence-electron chi connectivity index (χ4n) is 2.84. The summed E-state index contributed by atoms with van der Waals surface area (Å²) < 4.78 is 38.3. The van der Waals surface area contributed by atoms with E-state index in [2.05, 4.69) is 10.0 Å². The van der Waals surface area contributed by atoms with E-state index in [1.54, 1.807) is 37.3 Å². The summed E-state index contributed by atoms with van der Waals surface area (Å²) in [6, 6.07) is 21.0. The van der Waals surface area contributed by atoms with Crippen molar-refractivity contribution in [2.75, 3.05) is 18.5 Å². The van der Waals surface area contributed by atoms with Gasteiger partial charge in [-0.3, -0.25) is 4.79 Å². The standard InChI is InChI=1S/C24H26N2O5S/c1-3-15-25-32(28,29)22-13-14-23(18(2)16-22)30-17-24(27)26-19-9-11-21(12-10-19)31-20-7-5-4-6-8-20/h4-14,16,25H,3,15,17H2,1-2H3,(H,26,27). The first-order valence-electron chi connectivity index (χ1n) is 10.2. The van der Waals surface area contributed by atoms with Crippen molar-refractivity contribution in [1.29, 1.82) is 0 Å². The van der Waals surface area contributed by atoms with E-state index < -0.39 is 10.0 Å². The molecule has 8 heteroatoms. The maximum Gasteiger partial charge on any atom is 0.262 e. The highest BCUT2D eigenvalue weighted by Crippen LogP contribution is 2.23. The molecule has 1 amide bonds. The summed E-state index contributed by atoms with van der Waals surface area (Å²) in [5.41, 5.74) is 1.23. The molecule has 0 aliphatic heterocycles. The van der Waals surface area contributed by atoms with Gasteiger partial charge in [0.15, 0.2) is 6.61 Å². The number of aryl methyl sites for hydroxylation is 1. The predicted molar refractivity (Wildman–Crippen MR) is 124 cm³/mol. The number of hydrogen-bond acceptors (Lipinski definition) is 5. The molecule has 3 aromatic rings. The summed E-state index contributed by atoms with van der Waals surface area (Å²) in [6.07, 6.45) is 0.706. The number of carbonyl (C=O) groups is 1. The van der Waals surface area contributed by atoms with E-state index in [1.165, 1.54) is 12.1 Å². The van der Waals surface area contributed by atoms with Crippen molar-refractivity contribution >= 4 is 21.6 Å². The number of amides is 1. The Bertz CT molecular complexity index is 1150. The third-order valence-corrected chi connectivity index (χ3v) is 5.93. The average Bonchev–Trinajstić information content (AvgIpc) is 2.79. The van der Waals surface area contributed by atoms with Crippen LogP contribution in [0.3, 0.4) is 0 Å². The molecule has 0 saturated carbocycles. The van der Waals surface area contributed by atoms with Crippen LogP contribution < -0.4 is 19.5 Å². The number of sulfonamides is 1. The zero-order chi connectivity index (χ0) is 23.0. The Morgan fingerprint density at radius 3 is 2.28 bits per heavy atom. The number of benzene rings is 3. The Balaban J connectivity index is 1.53. The molecule has 168 valence electrons. The van der Waals surface area contributed by atoms with Crippen molar-refractivity contribution in [1.82, 2.24) is 4.72 Å². The first kappa shape index (κ1) is 23.3. The minimum absolute atomic E-state index is 0.165. The number of hydrogen-bond donors (Lipinski definition) is 2. The van der Waals surface area contributed by atoms with Crippen molar-refractivity contribution < 1.29 is 22.7 Å². The molecule has 0 radical (unpaired) electrons. The van der Waals surface area contributed by atoms with Gasteiger partial charge in [-0.1, -0.05) is 25.1 Å². The molecule has 0 atom stereocenters. The van der Waals surface area contributed by atoms with Gasteiger partial charge >= 0.3 is 0 Å². The van der Waals surface area contributed by atoms with Gasteiger partial charge in [-0.15, -0.1) is 0 Å². The minimum atomic E-state index is -3.55. The second-order valence-corrected chi connectivity index (χ2v) is 8.87. The van der Waals surface area contributed by atoms with Crippen LogP contribution in [-0.2, 0) is 14.8 Å². The minimum Gasteiger partial charge on any atom is -0.483 e. The Labute approximate surface area is 188 Å². The topological polar surface area (TPSA) is 93.7 Å². The van der Waals surface area contributed by atoms with Gasteiger partial charge in [-0.05, 0) is 73.5 Å². The van der Waals surface area contributed by atoms with E-state index >= 15 is 0 Å². The third-order valence-electron chi connectivity index (χ3n) is 4.47. The predicted octanol–water partition coefficient (Wildman–Crippen LogP) is 4.49. The largest absolute Gasteiger partial charge is 0.483 e. The first-order valence-corrected chi connectivity index (χ1v) is 11.7. The van der Waals surface area contributed by atoms with Crippen LogP contribution in [-0.4, -0.2) is 27.5 Å². The lowest BCUT2D eigenvalue weighted by atomic mass is 10.2. The molecule has 32 heavy (non-hydrogen) atoms. The highest BCUT2D eigenvalue weighted by Gasteiger charge is 2.15. The molecule has 0 aliphatic carbocycles. The molecular weight excluding hydrogens is 428 g/mol. The molecule has 0 aliphatic rings. The number of nitrogens with one attached hydrogen (secondary N) is 2. The van der Waals surface area contributed by atoms with Crippen LogP contribution in [0.5, 0.6) is 17.2 Å². The molecule has 3 rings (SSSR count). The van der Waals surface area contributed by atoms with E-state index in [4.69, 9.17) is 9.47 Å². The van der Waals surface area contributed by atoms with E-state index in [0.29, 0.717) is 35.7 Å². The Kier molecular flexibility index (Phi) is 7.86. The molecule has 0 aromatic heterocycles. The van der Waals surface area contributed by atoms with Gasteiger partial charge in [0, 0.05) is 12.2 Å². The van der Waals surface area contributed by atoms with Crippen LogP contribution in [0.15, 0.2) is 77.7 Å². The summed E-state index contributed by atoms with van der Waals surface area (Å²) in [6.45, 7) is 3.79. The van der Waals surface area contributed by atoms with Crippen LogP contribution in [0.1, 0.15) is 18.9 Å². The van der Waals surface area contributed by atoms with E-state index in [0.717, 1.165) is 5.75 Å². The maximum atomic E-state index is 12.2. The lowest BCUT2D eigenvalue weighted by Crippen LogP contribution is -2.24. The smallest absolute Gasteiger partial charge is 0.262 e. The fraction of sp³-hybridized carbons (Fsp3) is 0.208. The lowest BCUT2D eigenvalue weighted by Gasteiger charge is -2.12. The molecular formula is C24H26N2O5S. The number of para-hydroxylation sites is 1. The summed E-state index contributed by atoms with van der Waals surface area (Å²) in [4.78, 5) is 12.4. The quantitative estimate of drug-likeness (QED) is 0.471. The average molecular weight is 455 g/mol. The first-order chi connectivity index (χ1) is 15.4. The molecule has 0 heterocycles. The van der Waals surface area contributed by atoms with Crippen LogP contribution in [0, 0.1) is 6.92 Å². The van der Waals surface area contributed by atoms with E-state index in [9.17, 15) is 13.2 Å². The molecule has 0 bridgehead atoms. The molecule has 0 fully saturated rings. The maximum absolute atomic E-state index is 12.2. The van der Waals surface area contributed by atoms with Gasteiger partial charge in [0.25, 0.3) is 5.91 Å². The Hall–Kier alpha value is -3.36. The van der Waals surface area contributed by atoms with Crippen molar-refractivity contribution in [2.24, 2.45) is 0 Å². The molecule has 0 unspecified atom stereocenters. The van der Waals surface area contributed by atoms with Crippen LogP contribution in [0.4, 0.5) is 5.69 Å². The third kappa shape index (κ3) is 6.57.